The van der Waals surface area contributed by atoms with Gasteiger partial charge < -0.3 is 5.11 Å². The van der Waals surface area contributed by atoms with E-state index in [0.717, 1.165) is 29.3 Å². The van der Waals surface area contributed by atoms with Crippen molar-refractivity contribution >= 4 is 21.7 Å². The molecule has 116 valence electrons. The Kier molecular flexibility index (Phi) is 4.18. The van der Waals surface area contributed by atoms with Crippen LogP contribution in [-0.2, 0) is 10.0 Å². The van der Waals surface area contributed by atoms with Crippen LogP contribution in [0.4, 0.5) is 10.1 Å². The number of halogens is 1. The molecule has 2 aromatic rings. The third-order valence-electron chi connectivity index (χ3n) is 3.33. The lowest BCUT2D eigenvalue weighted by Gasteiger charge is -2.12. The predicted octanol–water partition coefficient (Wildman–Crippen LogP) is 2.94. The molecule has 2 N–H and O–H groups in total. The Hall–Kier alpha value is -2.41. The topological polar surface area (TPSA) is 83.5 Å². The Morgan fingerprint density at radius 2 is 1.86 bits per heavy atom. The number of aryl methyl sites for hydroxylation is 1. The van der Waals surface area contributed by atoms with Crippen LogP contribution in [-0.4, -0.2) is 19.5 Å². The van der Waals surface area contributed by atoms with E-state index in [4.69, 9.17) is 5.11 Å². The second-order valence-electron chi connectivity index (χ2n) is 4.80. The molecule has 22 heavy (non-hydrogen) atoms. The summed E-state index contributed by atoms with van der Waals surface area (Å²) in [6.45, 7) is 3.61. The molecule has 0 radical (unpaired) electrons. The monoisotopic (exact) mass is 323 g/mol. The van der Waals surface area contributed by atoms with Crippen molar-refractivity contribution in [2.24, 2.45) is 0 Å². The fourth-order valence-electron chi connectivity index (χ4n) is 1.90. The summed E-state index contributed by atoms with van der Waals surface area (Å²) in [5, 5.41) is 8.87. The smallest absolute Gasteiger partial charge is 0.338 e. The van der Waals surface area contributed by atoms with Crippen molar-refractivity contribution in [2.45, 2.75) is 18.7 Å². The summed E-state index contributed by atoms with van der Waals surface area (Å²) in [7, 11) is -4.01. The zero-order chi connectivity index (χ0) is 16.5. The largest absolute Gasteiger partial charge is 0.478 e. The summed E-state index contributed by atoms with van der Waals surface area (Å²) in [4.78, 5) is 10.6. The fourth-order valence-corrected chi connectivity index (χ4v) is 3.05. The summed E-state index contributed by atoms with van der Waals surface area (Å²) in [5.41, 5.74) is 1.36. The number of carboxylic acids is 1. The van der Waals surface area contributed by atoms with Crippen molar-refractivity contribution in [3.8, 4) is 0 Å². The van der Waals surface area contributed by atoms with Crippen LogP contribution >= 0.6 is 0 Å². The number of hydrogen-bond donors (Lipinski definition) is 2. The van der Waals surface area contributed by atoms with Gasteiger partial charge in [0.15, 0.2) is 0 Å². The van der Waals surface area contributed by atoms with E-state index >= 15 is 0 Å². The molecule has 0 saturated heterocycles. The summed E-state index contributed by atoms with van der Waals surface area (Å²) in [6, 6.07) is 7.78. The second kappa shape index (κ2) is 5.76. The zero-order valence-corrected chi connectivity index (χ0v) is 12.7. The number of benzene rings is 2. The third kappa shape index (κ3) is 3.09. The standard InChI is InChI=1S/C15H14FNO4S/c1-9-4-3-5-14(10(9)2)17-22(20,21)11-6-7-13(16)12(8-11)15(18)19/h3-8,17H,1-2H3,(H,18,19). The molecular weight excluding hydrogens is 309 g/mol. The Morgan fingerprint density at radius 1 is 1.18 bits per heavy atom. The summed E-state index contributed by atoms with van der Waals surface area (Å²) < 4.78 is 40.4. The number of nitrogens with one attached hydrogen (secondary N) is 1. The Morgan fingerprint density at radius 3 is 2.50 bits per heavy atom. The molecule has 0 heterocycles. The summed E-state index contributed by atoms with van der Waals surface area (Å²) >= 11 is 0. The van der Waals surface area contributed by atoms with Gasteiger partial charge in [-0.05, 0) is 49.2 Å². The highest BCUT2D eigenvalue weighted by molar-refractivity contribution is 7.92. The van der Waals surface area contributed by atoms with Gasteiger partial charge in [0, 0.05) is 0 Å². The lowest BCUT2D eigenvalue weighted by Crippen LogP contribution is -2.15. The van der Waals surface area contributed by atoms with Gasteiger partial charge in [-0.2, -0.15) is 0 Å². The maximum absolute atomic E-state index is 13.4. The van der Waals surface area contributed by atoms with Gasteiger partial charge in [-0.3, -0.25) is 4.72 Å². The van der Waals surface area contributed by atoms with Gasteiger partial charge in [0.05, 0.1) is 16.1 Å². The molecule has 0 amide bonds. The van der Waals surface area contributed by atoms with Gasteiger partial charge in [0.2, 0.25) is 0 Å². The van der Waals surface area contributed by atoms with E-state index in [9.17, 15) is 17.6 Å². The van der Waals surface area contributed by atoms with E-state index in [1.54, 1.807) is 19.1 Å². The van der Waals surface area contributed by atoms with Crippen LogP contribution < -0.4 is 4.72 Å². The van der Waals surface area contributed by atoms with E-state index < -0.39 is 27.4 Å². The van der Waals surface area contributed by atoms with Crippen LogP contribution in [0.3, 0.4) is 0 Å². The molecule has 0 aliphatic rings. The van der Waals surface area contributed by atoms with E-state index in [1.165, 1.54) is 0 Å². The summed E-state index contributed by atoms with van der Waals surface area (Å²) in [5.74, 6) is -2.51. The molecule has 0 atom stereocenters. The number of anilines is 1. The second-order valence-corrected chi connectivity index (χ2v) is 6.48. The SMILES string of the molecule is Cc1cccc(NS(=O)(=O)c2ccc(F)c(C(=O)O)c2)c1C. The van der Waals surface area contributed by atoms with Gasteiger partial charge in [-0.1, -0.05) is 12.1 Å². The zero-order valence-electron chi connectivity index (χ0n) is 11.9. The molecule has 0 unspecified atom stereocenters. The molecule has 0 aromatic heterocycles. The first kappa shape index (κ1) is 16.0. The van der Waals surface area contributed by atoms with Crippen molar-refractivity contribution in [1.29, 1.82) is 0 Å². The van der Waals surface area contributed by atoms with Crippen molar-refractivity contribution in [1.82, 2.24) is 0 Å². The van der Waals surface area contributed by atoms with Gasteiger partial charge in [-0.25, -0.2) is 17.6 Å². The average Bonchev–Trinajstić information content (AvgIpc) is 2.43. The number of carbonyl (C=O) groups is 1. The van der Waals surface area contributed by atoms with E-state index in [0.29, 0.717) is 5.69 Å². The first-order valence-corrected chi connectivity index (χ1v) is 7.82. The van der Waals surface area contributed by atoms with E-state index in [-0.39, 0.29) is 4.90 Å². The first-order valence-electron chi connectivity index (χ1n) is 6.34. The molecule has 0 fully saturated rings. The molecule has 0 bridgehead atoms. The van der Waals surface area contributed by atoms with Crippen molar-refractivity contribution in [3.63, 3.8) is 0 Å². The average molecular weight is 323 g/mol. The highest BCUT2D eigenvalue weighted by atomic mass is 32.2. The van der Waals surface area contributed by atoms with Crippen LogP contribution in [0.15, 0.2) is 41.3 Å². The van der Waals surface area contributed by atoms with Crippen molar-refractivity contribution < 1.29 is 22.7 Å². The normalized spacial score (nSPS) is 11.2. The van der Waals surface area contributed by atoms with Crippen LogP contribution in [0.2, 0.25) is 0 Å². The molecule has 5 nitrogen and oxygen atoms in total. The van der Waals surface area contributed by atoms with Crippen molar-refractivity contribution in [2.75, 3.05) is 4.72 Å². The van der Waals surface area contributed by atoms with E-state index in [1.807, 2.05) is 13.0 Å². The quantitative estimate of drug-likeness (QED) is 0.906. The molecular formula is C15H14FNO4S. The molecule has 0 spiro atoms. The fraction of sp³-hybridized carbons (Fsp3) is 0.133. The minimum atomic E-state index is -4.01. The van der Waals surface area contributed by atoms with Crippen LogP contribution in [0.5, 0.6) is 0 Å². The summed E-state index contributed by atoms with van der Waals surface area (Å²) in [6.07, 6.45) is 0. The maximum atomic E-state index is 13.4. The minimum absolute atomic E-state index is 0.313. The minimum Gasteiger partial charge on any atom is -0.478 e. The highest BCUT2D eigenvalue weighted by Gasteiger charge is 2.20. The van der Waals surface area contributed by atoms with Gasteiger partial charge in [0.1, 0.15) is 5.82 Å². The number of aromatic carboxylic acids is 1. The molecule has 0 aliphatic heterocycles. The van der Waals surface area contributed by atoms with E-state index in [2.05, 4.69) is 4.72 Å². The Labute approximate surface area is 127 Å². The number of carboxylic acid groups (broad SMARTS) is 1. The number of hydrogen-bond acceptors (Lipinski definition) is 3. The third-order valence-corrected chi connectivity index (χ3v) is 4.69. The first-order chi connectivity index (χ1) is 10.2. The molecule has 7 heteroatoms. The Balaban J connectivity index is 2.45. The lowest BCUT2D eigenvalue weighted by molar-refractivity contribution is 0.0691. The lowest BCUT2D eigenvalue weighted by atomic mass is 10.1. The maximum Gasteiger partial charge on any atom is 0.338 e. The molecule has 0 aliphatic carbocycles. The van der Waals surface area contributed by atoms with Gasteiger partial charge in [-0.15, -0.1) is 0 Å². The molecule has 0 saturated carbocycles. The van der Waals surface area contributed by atoms with Crippen molar-refractivity contribution in [3.05, 3.63) is 58.9 Å². The number of sulfonamides is 1. The molecule has 2 rings (SSSR count). The predicted molar refractivity (Wildman–Crippen MR) is 80.1 cm³/mol. The number of rotatable bonds is 4. The molecule has 2 aromatic carbocycles. The van der Waals surface area contributed by atoms with Crippen LogP contribution in [0, 0.1) is 19.7 Å². The highest BCUT2D eigenvalue weighted by Crippen LogP contribution is 2.23. The van der Waals surface area contributed by atoms with Crippen LogP contribution in [0.25, 0.3) is 0 Å². The van der Waals surface area contributed by atoms with Crippen LogP contribution in [0.1, 0.15) is 21.5 Å². The van der Waals surface area contributed by atoms with Gasteiger partial charge >= 0.3 is 5.97 Å². The van der Waals surface area contributed by atoms with Gasteiger partial charge in [0.25, 0.3) is 10.0 Å². The Bertz CT molecular complexity index is 847.